The van der Waals surface area contributed by atoms with E-state index in [0.29, 0.717) is 45.7 Å². The minimum absolute atomic E-state index is 0.00513. The third-order valence-electron chi connectivity index (χ3n) is 3.96. The van der Waals surface area contributed by atoms with Crippen LogP contribution >= 0.6 is 0 Å². The van der Waals surface area contributed by atoms with E-state index in [1.54, 1.807) is 17.0 Å². The van der Waals surface area contributed by atoms with Crippen LogP contribution in [-0.4, -0.2) is 49.6 Å². The molecule has 1 aromatic carbocycles. The summed E-state index contributed by atoms with van der Waals surface area (Å²) in [7, 11) is 0. The van der Waals surface area contributed by atoms with Gasteiger partial charge in [-0.25, -0.2) is 4.39 Å². The zero-order chi connectivity index (χ0) is 16.7. The molecule has 126 valence electrons. The summed E-state index contributed by atoms with van der Waals surface area (Å²) in [6.45, 7) is 4.65. The molecular weight excluding hydrogens is 299 g/mol. The van der Waals surface area contributed by atoms with Crippen LogP contribution in [0.1, 0.15) is 31.2 Å². The minimum atomic E-state index is -0.285. The van der Waals surface area contributed by atoms with Gasteiger partial charge in [0.2, 0.25) is 11.8 Å². The molecule has 2 amide bonds. The molecule has 0 spiro atoms. The summed E-state index contributed by atoms with van der Waals surface area (Å²) >= 11 is 0. The van der Waals surface area contributed by atoms with Crippen molar-refractivity contribution >= 4 is 11.8 Å². The Balaban J connectivity index is 1.68. The molecule has 1 N–H and O–H groups in total. The number of carbonyl (C=O) groups excluding carboxylic acids is 2. The molecule has 0 aliphatic carbocycles. The summed E-state index contributed by atoms with van der Waals surface area (Å²) in [6.07, 6.45) is 0.619. The third kappa shape index (κ3) is 5.63. The second kappa shape index (κ2) is 8.62. The molecule has 0 unspecified atom stereocenters. The van der Waals surface area contributed by atoms with Crippen molar-refractivity contribution in [2.75, 3.05) is 32.8 Å². The number of hydrogen-bond acceptors (Lipinski definition) is 3. The third-order valence-corrected chi connectivity index (χ3v) is 3.96. The molecule has 5 nitrogen and oxygen atoms in total. The van der Waals surface area contributed by atoms with E-state index < -0.39 is 0 Å². The van der Waals surface area contributed by atoms with Gasteiger partial charge >= 0.3 is 0 Å². The predicted octanol–water partition coefficient (Wildman–Crippen LogP) is 1.68. The van der Waals surface area contributed by atoms with Gasteiger partial charge in [0.1, 0.15) is 5.82 Å². The molecule has 0 aromatic heterocycles. The van der Waals surface area contributed by atoms with Gasteiger partial charge in [-0.1, -0.05) is 19.1 Å². The SMILES string of the molecule is C[C@H](CC(=O)NCCC(=O)N1CCOCC1)c1ccc(F)cc1. The number of nitrogens with one attached hydrogen (secondary N) is 1. The molecule has 1 aromatic rings. The van der Waals surface area contributed by atoms with Crippen LogP contribution in [0, 0.1) is 5.82 Å². The summed E-state index contributed by atoms with van der Waals surface area (Å²) in [5.41, 5.74) is 0.922. The second-order valence-electron chi connectivity index (χ2n) is 5.75. The molecule has 2 rings (SSSR count). The Kier molecular flexibility index (Phi) is 6.52. The van der Waals surface area contributed by atoms with Crippen molar-refractivity contribution in [1.29, 1.82) is 0 Å². The summed E-state index contributed by atoms with van der Waals surface area (Å²) in [5.74, 6) is -0.339. The average Bonchev–Trinajstić information content (AvgIpc) is 2.56. The van der Waals surface area contributed by atoms with Crippen LogP contribution in [-0.2, 0) is 14.3 Å². The van der Waals surface area contributed by atoms with Crippen molar-refractivity contribution in [2.24, 2.45) is 0 Å². The molecule has 1 fully saturated rings. The second-order valence-corrected chi connectivity index (χ2v) is 5.75. The van der Waals surface area contributed by atoms with Gasteiger partial charge in [0.05, 0.1) is 13.2 Å². The van der Waals surface area contributed by atoms with Crippen LogP contribution in [0.2, 0.25) is 0 Å². The number of carbonyl (C=O) groups is 2. The lowest BCUT2D eigenvalue weighted by molar-refractivity contribution is -0.135. The normalized spacial score (nSPS) is 16.0. The maximum Gasteiger partial charge on any atom is 0.224 e. The van der Waals surface area contributed by atoms with E-state index >= 15 is 0 Å². The molecule has 1 saturated heterocycles. The lowest BCUT2D eigenvalue weighted by atomic mass is 9.97. The van der Waals surface area contributed by atoms with E-state index in [1.165, 1.54) is 12.1 Å². The van der Waals surface area contributed by atoms with E-state index in [0.717, 1.165) is 5.56 Å². The van der Waals surface area contributed by atoms with Gasteiger partial charge in [-0.2, -0.15) is 0 Å². The fourth-order valence-corrected chi connectivity index (χ4v) is 2.54. The van der Waals surface area contributed by atoms with Gasteiger partial charge in [-0.15, -0.1) is 0 Å². The van der Waals surface area contributed by atoms with Crippen molar-refractivity contribution in [3.05, 3.63) is 35.6 Å². The van der Waals surface area contributed by atoms with Crippen molar-refractivity contribution in [1.82, 2.24) is 10.2 Å². The molecule has 1 aliphatic heterocycles. The Bertz CT molecular complexity index is 527. The standard InChI is InChI=1S/C17H23FN2O3/c1-13(14-2-4-15(18)5-3-14)12-16(21)19-7-6-17(22)20-8-10-23-11-9-20/h2-5,13H,6-12H2,1H3,(H,19,21)/t13-/m1/s1. The summed E-state index contributed by atoms with van der Waals surface area (Å²) in [4.78, 5) is 25.6. The Labute approximate surface area is 135 Å². The van der Waals surface area contributed by atoms with Gasteiger partial charge < -0.3 is 15.0 Å². The van der Waals surface area contributed by atoms with Gasteiger partial charge in [0.25, 0.3) is 0 Å². The number of benzene rings is 1. The van der Waals surface area contributed by atoms with E-state index in [4.69, 9.17) is 4.74 Å². The summed E-state index contributed by atoms with van der Waals surface area (Å²) in [5, 5.41) is 2.77. The van der Waals surface area contributed by atoms with Gasteiger partial charge in [0, 0.05) is 32.5 Å². The van der Waals surface area contributed by atoms with E-state index in [9.17, 15) is 14.0 Å². The Hall–Kier alpha value is -1.95. The molecule has 23 heavy (non-hydrogen) atoms. The van der Waals surface area contributed by atoms with Crippen molar-refractivity contribution < 1.29 is 18.7 Å². The molecule has 1 heterocycles. The van der Waals surface area contributed by atoms with Gasteiger partial charge in [-0.3, -0.25) is 9.59 Å². The van der Waals surface area contributed by atoms with Crippen LogP contribution in [0.25, 0.3) is 0 Å². The largest absolute Gasteiger partial charge is 0.378 e. The Morgan fingerprint density at radius 3 is 2.57 bits per heavy atom. The first-order valence-electron chi connectivity index (χ1n) is 7.94. The monoisotopic (exact) mass is 322 g/mol. The van der Waals surface area contributed by atoms with E-state index in [1.807, 2.05) is 6.92 Å². The predicted molar refractivity (Wildman–Crippen MR) is 84.5 cm³/mol. The van der Waals surface area contributed by atoms with Crippen molar-refractivity contribution in [2.45, 2.75) is 25.7 Å². The quantitative estimate of drug-likeness (QED) is 0.867. The minimum Gasteiger partial charge on any atom is -0.378 e. The van der Waals surface area contributed by atoms with Crippen molar-refractivity contribution in [3.63, 3.8) is 0 Å². The average molecular weight is 322 g/mol. The lowest BCUT2D eigenvalue weighted by Gasteiger charge is -2.26. The van der Waals surface area contributed by atoms with Crippen LogP contribution in [0.15, 0.2) is 24.3 Å². The molecular formula is C17H23FN2O3. The smallest absolute Gasteiger partial charge is 0.224 e. The van der Waals surface area contributed by atoms with Gasteiger partial charge in [0.15, 0.2) is 0 Å². The van der Waals surface area contributed by atoms with E-state index in [-0.39, 0.29) is 23.5 Å². The Morgan fingerprint density at radius 1 is 1.26 bits per heavy atom. The first-order valence-corrected chi connectivity index (χ1v) is 7.94. The number of halogens is 1. The highest BCUT2D eigenvalue weighted by Gasteiger charge is 2.17. The number of hydrogen-bond donors (Lipinski definition) is 1. The fourth-order valence-electron chi connectivity index (χ4n) is 2.54. The molecule has 0 bridgehead atoms. The number of ether oxygens (including phenoxy) is 1. The van der Waals surface area contributed by atoms with Crippen molar-refractivity contribution in [3.8, 4) is 0 Å². The fraction of sp³-hybridized carbons (Fsp3) is 0.529. The van der Waals surface area contributed by atoms with E-state index in [2.05, 4.69) is 5.32 Å². The number of nitrogens with zero attached hydrogens (tertiary/aromatic N) is 1. The van der Waals surface area contributed by atoms with Crippen LogP contribution in [0.3, 0.4) is 0 Å². The summed E-state index contributed by atoms with van der Waals surface area (Å²) in [6, 6.07) is 6.17. The first-order chi connectivity index (χ1) is 11.1. The maximum absolute atomic E-state index is 12.9. The number of rotatable bonds is 6. The molecule has 0 radical (unpaired) electrons. The molecule has 0 saturated carbocycles. The van der Waals surface area contributed by atoms with Crippen LogP contribution in [0.4, 0.5) is 4.39 Å². The maximum atomic E-state index is 12.9. The number of morpholine rings is 1. The van der Waals surface area contributed by atoms with Crippen LogP contribution < -0.4 is 5.32 Å². The Morgan fingerprint density at radius 2 is 1.91 bits per heavy atom. The summed E-state index contributed by atoms with van der Waals surface area (Å²) < 4.78 is 18.1. The zero-order valence-corrected chi connectivity index (χ0v) is 13.4. The lowest BCUT2D eigenvalue weighted by Crippen LogP contribution is -2.42. The first kappa shape index (κ1) is 17.4. The van der Waals surface area contributed by atoms with Gasteiger partial charge in [-0.05, 0) is 23.6 Å². The highest BCUT2D eigenvalue weighted by Crippen LogP contribution is 2.18. The highest BCUT2D eigenvalue weighted by molar-refractivity contribution is 5.79. The zero-order valence-electron chi connectivity index (χ0n) is 13.4. The van der Waals surface area contributed by atoms with Crippen LogP contribution in [0.5, 0.6) is 0 Å². The highest BCUT2D eigenvalue weighted by atomic mass is 19.1. The molecule has 1 aliphatic rings. The molecule has 6 heteroatoms. The topological polar surface area (TPSA) is 58.6 Å². The number of amides is 2. The molecule has 1 atom stereocenters.